The molecule has 4 rings (SSSR count). The quantitative estimate of drug-likeness (QED) is 0.316. The van der Waals surface area contributed by atoms with E-state index in [0.717, 1.165) is 12.0 Å². The van der Waals surface area contributed by atoms with E-state index >= 15 is 0 Å². The number of rotatable bonds is 7. The molecule has 0 fully saturated rings. The van der Waals surface area contributed by atoms with Crippen molar-refractivity contribution in [2.45, 2.75) is 52.4 Å². The van der Waals surface area contributed by atoms with Crippen molar-refractivity contribution in [3.63, 3.8) is 0 Å². The van der Waals surface area contributed by atoms with Gasteiger partial charge in [-0.25, -0.2) is 4.98 Å². The molecule has 0 saturated heterocycles. The number of carbonyl (C=O) groups excluding carboxylic acids is 1. The van der Waals surface area contributed by atoms with Gasteiger partial charge in [0.05, 0.1) is 0 Å². The van der Waals surface area contributed by atoms with Gasteiger partial charge in [-0.2, -0.15) is 0 Å². The maximum absolute atomic E-state index is 12.4. The smallest absolute Gasteiger partial charge is 0.262 e. The molecule has 1 atom stereocenters. The summed E-state index contributed by atoms with van der Waals surface area (Å²) >= 11 is 0. The molecule has 1 amide bonds. The number of ether oxygens (including phenoxy) is 1. The highest BCUT2D eigenvalue weighted by Crippen LogP contribution is 2.29. The van der Waals surface area contributed by atoms with Gasteiger partial charge in [-0.3, -0.25) is 4.79 Å². The van der Waals surface area contributed by atoms with Crippen LogP contribution in [-0.2, 0) is 10.2 Å². The minimum absolute atomic E-state index is 0.0646. The van der Waals surface area contributed by atoms with Crippen molar-refractivity contribution < 1.29 is 13.9 Å². The standard InChI is InChI=1S/C29H32N2O3/c1-6-19(2)20-9-14-24(15-10-20)33-18-27(32)30-23-13-16-26-25(17-23)31-28(34-26)21-7-11-22(12-8-21)29(3,4)5/h7-17,19H,6,18H2,1-5H3,(H,30,32). The van der Waals surface area contributed by atoms with Crippen molar-refractivity contribution in [1.29, 1.82) is 0 Å². The number of nitrogens with one attached hydrogen (secondary N) is 1. The number of amides is 1. The monoisotopic (exact) mass is 456 g/mol. The van der Waals surface area contributed by atoms with Gasteiger partial charge in [-0.1, -0.05) is 58.9 Å². The van der Waals surface area contributed by atoms with Gasteiger partial charge < -0.3 is 14.5 Å². The van der Waals surface area contributed by atoms with E-state index in [4.69, 9.17) is 9.15 Å². The maximum atomic E-state index is 12.4. The zero-order chi connectivity index (χ0) is 24.3. The van der Waals surface area contributed by atoms with Crippen LogP contribution in [-0.4, -0.2) is 17.5 Å². The molecule has 1 aromatic heterocycles. The lowest BCUT2D eigenvalue weighted by molar-refractivity contribution is -0.118. The van der Waals surface area contributed by atoms with Crippen molar-refractivity contribution in [2.75, 3.05) is 11.9 Å². The molecule has 176 valence electrons. The summed E-state index contributed by atoms with van der Waals surface area (Å²) in [6.45, 7) is 10.9. The molecule has 3 aromatic carbocycles. The Kier molecular flexibility index (Phi) is 6.73. The maximum Gasteiger partial charge on any atom is 0.262 e. The van der Waals surface area contributed by atoms with Crippen LogP contribution < -0.4 is 10.1 Å². The van der Waals surface area contributed by atoms with Crippen molar-refractivity contribution in [3.8, 4) is 17.2 Å². The largest absolute Gasteiger partial charge is 0.484 e. The second-order valence-electron chi connectivity index (χ2n) is 9.74. The van der Waals surface area contributed by atoms with Crippen LogP contribution in [0.2, 0.25) is 0 Å². The van der Waals surface area contributed by atoms with E-state index in [9.17, 15) is 4.79 Å². The first-order valence-corrected chi connectivity index (χ1v) is 11.8. The van der Waals surface area contributed by atoms with Crippen LogP contribution in [0.1, 0.15) is 58.1 Å². The molecule has 1 unspecified atom stereocenters. The molecule has 5 heteroatoms. The molecule has 0 saturated carbocycles. The summed E-state index contributed by atoms with van der Waals surface area (Å²) in [5.74, 6) is 1.51. The molecule has 0 aliphatic rings. The van der Waals surface area contributed by atoms with Gasteiger partial charge in [0, 0.05) is 11.3 Å². The minimum atomic E-state index is -0.230. The number of hydrogen-bond donors (Lipinski definition) is 1. The molecule has 0 aliphatic carbocycles. The summed E-state index contributed by atoms with van der Waals surface area (Å²) < 4.78 is 11.6. The zero-order valence-corrected chi connectivity index (χ0v) is 20.5. The third kappa shape index (κ3) is 5.48. The number of benzene rings is 3. The van der Waals surface area contributed by atoms with E-state index in [-0.39, 0.29) is 17.9 Å². The third-order valence-electron chi connectivity index (χ3n) is 6.10. The lowest BCUT2D eigenvalue weighted by Crippen LogP contribution is -2.20. The topological polar surface area (TPSA) is 64.4 Å². The zero-order valence-electron chi connectivity index (χ0n) is 20.5. The predicted molar refractivity (Wildman–Crippen MR) is 137 cm³/mol. The normalized spacial score (nSPS) is 12.5. The van der Waals surface area contributed by atoms with E-state index in [1.54, 1.807) is 6.07 Å². The Morgan fingerprint density at radius 1 is 1.03 bits per heavy atom. The highest BCUT2D eigenvalue weighted by Gasteiger charge is 2.15. The van der Waals surface area contributed by atoms with Crippen molar-refractivity contribution in [2.24, 2.45) is 0 Å². The summed E-state index contributed by atoms with van der Waals surface area (Å²) in [7, 11) is 0. The van der Waals surface area contributed by atoms with Crippen LogP contribution in [0, 0.1) is 0 Å². The molecule has 0 radical (unpaired) electrons. The minimum Gasteiger partial charge on any atom is -0.484 e. The number of fused-ring (bicyclic) bond motifs is 1. The molecule has 0 aliphatic heterocycles. The van der Waals surface area contributed by atoms with Crippen molar-refractivity contribution >= 4 is 22.7 Å². The summed E-state index contributed by atoms with van der Waals surface area (Å²) in [6, 6.07) is 21.6. The number of aromatic nitrogens is 1. The molecular weight excluding hydrogens is 424 g/mol. The fraction of sp³-hybridized carbons (Fsp3) is 0.310. The molecule has 1 N–H and O–H groups in total. The van der Waals surface area contributed by atoms with Gasteiger partial charge in [0.1, 0.15) is 11.3 Å². The summed E-state index contributed by atoms with van der Waals surface area (Å²) in [6.07, 6.45) is 1.09. The van der Waals surface area contributed by atoms with Crippen LogP contribution in [0.3, 0.4) is 0 Å². The van der Waals surface area contributed by atoms with Gasteiger partial charge in [0.25, 0.3) is 5.91 Å². The second kappa shape index (κ2) is 9.72. The van der Waals surface area contributed by atoms with Crippen molar-refractivity contribution in [3.05, 3.63) is 77.9 Å². The Balaban J connectivity index is 1.39. The van der Waals surface area contributed by atoms with Gasteiger partial charge in [0.15, 0.2) is 12.2 Å². The van der Waals surface area contributed by atoms with Gasteiger partial charge >= 0.3 is 0 Å². The summed E-state index contributed by atoms with van der Waals surface area (Å²) in [5, 5.41) is 2.87. The number of oxazole rings is 1. The Morgan fingerprint density at radius 2 is 1.74 bits per heavy atom. The van der Waals surface area contributed by atoms with E-state index in [0.29, 0.717) is 34.3 Å². The number of hydrogen-bond acceptors (Lipinski definition) is 4. The van der Waals surface area contributed by atoms with E-state index < -0.39 is 0 Å². The summed E-state index contributed by atoms with van der Waals surface area (Å²) in [5.41, 5.74) is 5.54. The highest BCUT2D eigenvalue weighted by atomic mass is 16.5. The average molecular weight is 457 g/mol. The number of nitrogens with zero attached hydrogens (tertiary/aromatic N) is 1. The van der Waals surface area contributed by atoms with E-state index in [1.807, 2.05) is 48.5 Å². The molecule has 0 bridgehead atoms. The Hall–Kier alpha value is -3.60. The van der Waals surface area contributed by atoms with Crippen LogP contribution >= 0.6 is 0 Å². The lowest BCUT2D eigenvalue weighted by Gasteiger charge is -2.18. The SMILES string of the molecule is CCC(C)c1ccc(OCC(=O)Nc2ccc3oc(-c4ccc(C(C)(C)C)cc4)nc3c2)cc1. The van der Waals surface area contributed by atoms with Crippen LogP contribution in [0.5, 0.6) is 5.75 Å². The third-order valence-corrected chi connectivity index (χ3v) is 6.10. The Morgan fingerprint density at radius 3 is 2.38 bits per heavy atom. The van der Waals surface area contributed by atoms with Gasteiger partial charge in [-0.15, -0.1) is 0 Å². The molecular formula is C29H32N2O3. The second-order valence-corrected chi connectivity index (χ2v) is 9.74. The van der Waals surface area contributed by atoms with Crippen molar-refractivity contribution in [1.82, 2.24) is 4.98 Å². The predicted octanol–water partition coefficient (Wildman–Crippen LogP) is 7.32. The van der Waals surface area contributed by atoms with Crippen LogP contribution in [0.15, 0.2) is 71.1 Å². The van der Waals surface area contributed by atoms with Crippen LogP contribution in [0.4, 0.5) is 5.69 Å². The highest BCUT2D eigenvalue weighted by molar-refractivity contribution is 5.94. The Labute approximate surface area is 201 Å². The molecule has 34 heavy (non-hydrogen) atoms. The first-order chi connectivity index (χ1) is 16.2. The fourth-order valence-electron chi connectivity index (χ4n) is 3.72. The fourth-order valence-corrected chi connectivity index (χ4v) is 3.72. The molecule has 4 aromatic rings. The lowest BCUT2D eigenvalue weighted by atomic mass is 9.87. The average Bonchev–Trinajstić information content (AvgIpc) is 3.25. The first kappa shape index (κ1) is 23.6. The van der Waals surface area contributed by atoms with Crippen LogP contribution in [0.25, 0.3) is 22.6 Å². The Bertz CT molecular complexity index is 1270. The summed E-state index contributed by atoms with van der Waals surface area (Å²) in [4.78, 5) is 17.0. The first-order valence-electron chi connectivity index (χ1n) is 11.8. The van der Waals surface area contributed by atoms with Gasteiger partial charge in [0.2, 0.25) is 5.89 Å². The molecule has 1 heterocycles. The molecule has 0 spiro atoms. The van der Waals surface area contributed by atoms with E-state index in [2.05, 4.69) is 57.1 Å². The van der Waals surface area contributed by atoms with E-state index in [1.165, 1.54) is 11.1 Å². The number of anilines is 1. The molecule has 5 nitrogen and oxygen atoms in total. The van der Waals surface area contributed by atoms with Gasteiger partial charge in [-0.05, 0) is 71.3 Å². The number of carbonyl (C=O) groups is 1.